The Morgan fingerprint density at radius 2 is 2.36 bits per heavy atom. The quantitative estimate of drug-likeness (QED) is 0.485. The summed E-state index contributed by atoms with van der Waals surface area (Å²) in [5, 5.41) is 6.96. The topological polar surface area (TPSA) is 88.2 Å². The van der Waals surface area contributed by atoms with Gasteiger partial charge < -0.3 is 9.64 Å². The van der Waals surface area contributed by atoms with E-state index in [-0.39, 0.29) is 23.5 Å². The van der Waals surface area contributed by atoms with Crippen LogP contribution < -0.4 is 9.64 Å². The van der Waals surface area contributed by atoms with Crippen molar-refractivity contribution in [2.24, 2.45) is 0 Å². The number of aromatic nitrogens is 3. The Balaban J connectivity index is 1.83. The lowest BCUT2D eigenvalue weighted by Gasteiger charge is -2.29. The van der Waals surface area contributed by atoms with E-state index in [9.17, 15) is 9.59 Å². The fourth-order valence-electron chi connectivity index (χ4n) is 2.51. The second-order valence-electron chi connectivity index (χ2n) is 5.59. The first-order chi connectivity index (χ1) is 12.0. The van der Waals surface area contributed by atoms with E-state index < -0.39 is 0 Å². The van der Waals surface area contributed by atoms with Gasteiger partial charge in [-0.15, -0.1) is 11.7 Å². The number of fused-ring (bicyclic) bond motifs is 1. The number of nitrogens with one attached hydrogen (secondary N) is 1. The Morgan fingerprint density at radius 1 is 1.56 bits per heavy atom. The molecule has 2 heterocycles. The summed E-state index contributed by atoms with van der Waals surface area (Å²) in [5.41, 5.74) is 1.10. The van der Waals surface area contributed by atoms with Crippen LogP contribution in [-0.2, 0) is 4.79 Å². The highest BCUT2D eigenvalue weighted by atomic mass is 32.2. The molecule has 0 spiro atoms. The van der Waals surface area contributed by atoms with Crippen molar-refractivity contribution in [3.63, 3.8) is 0 Å². The number of H-pyrrole nitrogens is 1. The molecule has 1 amide bonds. The van der Waals surface area contributed by atoms with E-state index in [1.165, 1.54) is 11.8 Å². The number of nitrogens with zero attached hydrogens (tertiary/aromatic N) is 3. The van der Waals surface area contributed by atoms with Crippen LogP contribution in [0.1, 0.15) is 23.1 Å². The standard InChI is InChI=1S/C17H18N4O3S/c1-4-7-21-13-8-12(5-6-14(13)24-9-15(21)22)16(23)10(2)25-17-18-11(3)19-20-17/h4-6,8,10H,1,7,9H2,2-3H3,(H,18,19,20). The Kier molecular flexibility index (Phi) is 4.89. The van der Waals surface area contributed by atoms with Crippen LogP contribution in [0.2, 0.25) is 0 Å². The van der Waals surface area contributed by atoms with Crippen LogP contribution in [0.4, 0.5) is 5.69 Å². The molecule has 8 heteroatoms. The number of carbonyl (C=O) groups excluding carboxylic acids is 2. The Hall–Kier alpha value is -2.61. The number of amides is 1. The number of hydrogen-bond donors (Lipinski definition) is 1. The molecular formula is C17H18N4O3S. The first-order valence-corrected chi connectivity index (χ1v) is 8.65. The van der Waals surface area contributed by atoms with E-state index in [0.717, 1.165) is 0 Å². The largest absolute Gasteiger partial charge is 0.482 e. The predicted octanol–water partition coefficient (Wildman–Crippen LogP) is 2.39. The molecule has 1 atom stereocenters. The first-order valence-electron chi connectivity index (χ1n) is 7.77. The summed E-state index contributed by atoms with van der Waals surface area (Å²) in [6.45, 7) is 7.64. The van der Waals surface area contributed by atoms with Gasteiger partial charge >= 0.3 is 0 Å². The van der Waals surface area contributed by atoms with Crippen molar-refractivity contribution in [2.75, 3.05) is 18.1 Å². The number of rotatable bonds is 6. The summed E-state index contributed by atoms with van der Waals surface area (Å²) in [6.07, 6.45) is 1.64. The molecule has 1 aromatic carbocycles. The van der Waals surface area contributed by atoms with Gasteiger partial charge in [-0.1, -0.05) is 17.8 Å². The molecule has 1 unspecified atom stereocenters. The summed E-state index contributed by atoms with van der Waals surface area (Å²) in [5.74, 6) is 1.07. The molecule has 1 aliphatic rings. The Morgan fingerprint density at radius 3 is 3.04 bits per heavy atom. The van der Waals surface area contributed by atoms with Crippen LogP contribution in [0.3, 0.4) is 0 Å². The molecule has 0 saturated heterocycles. The van der Waals surface area contributed by atoms with E-state index in [4.69, 9.17) is 4.74 Å². The van der Waals surface area contributed by atoms with Gasteiger partial charge in [0.05, 0.1) is 10.9 Å². The van der Waals surface area contributed by atoms with Gasteiger partial charge in [-0.3, -0.25) is 14.7 Å². The van der Waals surface area contributed by atoms with Gasteiger partial charge in [0.15, 0.2) is 12.4 Å². The number of ketones is 1. The normalized spacial score (nSPS) is 14.6. The van der Waals surface area contributed by atoms with Crippen molar-refractivity contribution in [2.45, 2.75) is 24.3 Å². The lowest BCUT2D eigenvalue weighted by Crippen LogP contribution is -2.39. The average Bonchev–Trinajstić information content (AvgIpc) is 3.01. The number of Topliss-reactive ketones (excluding diaryl/α,β-unsaturated/α-hetero) is 1. The maximum atomic E-state index is 12.7. The zero-order chi connectivity index (χ0) is 18.0. The molecule has 0 aliphatic carbocycles. The number of benzene rings is 1. The van der Waals surface area contributed by atoms with Crippen LogP contribution >= 0.6 is 11.8 Å². The van der Waals surface area contributed by atoms with Gasteiger partial charge in [0.25, 0.3) is 5.91 Å². The van der Waals surface area contributed by atoms with Crippen LogP contribution in [0.25, 0.3) is 0 Å². The zero-order valence-corrected chi connectivity index (χ0v) is 14.8. The van der Waals surface area contributed by atoms with Crippen molar-refractivity contribution >= 4 is 29.1 Å². The molecule has 130 valence electrons. The molecule has 3 rings (SSSR count). The molecule has 2 aromatic rings. The van der Waals surface area contributed by atoms with E-state index in [0.29, 0.717) is 34.5 Å². The highest BCUT2D eigenvalue weighted by Gasteiger charge is 2.27. The van der Waals surface area contributed by atoms with E-state index in [1.807, 2.05) is 0 Å². The predicted molar refractivity (Wildman–Crippen MR) is 95.3 cm³/mol. The summed E-state index contributed by atoms with van der Waals surface area (Å²) < 4.78 is 5.44. The summed E-state index contributed by atoms with van der Waals surface area (Å²) >= 11 is 1.29. The molecule has 0 bridgehead atoms. The van der Waals surface area contributed by atoms with Crippen LogP contribution in [0, 0.1) is 6.92 Å². The summed E-state index contributed by atoms with van der Waals surface area (Å²) in [4.78, 5) is 30.6. The van der Waals surface area contributed by atoms with Gasteiger partial charge in [0.1, 0.15) is 11.6 Å². The molecule has 25 heavy (non-hydrogen) atoms. The molecular weight excluding hydrogens is 340 g/mol. The third-order valence-electron chi connectivity index (χ3n) is 3.73. The highest BCUT2D eigenvalue weighted by Crippen LogP contribution is 2.34. The number of anilines is 1. The lowest BCUT2D eigenvalue weighted by atomic mass is 10.1. The Bertz CT molecular complexity index is 833. The fraction of sp³-hybridized carbons (Fsp3) is 0.294. The maximum absolute atomic E-state index is 12.7. The molecule has 7 nitrogen and oxygen atoms in total. The van der Waals surface area contributed by atoms with Crippen LogP contribution in [0.15, 0.2) is 36.0 Å². The minimum atomic E-state index is -0.360. The van der Waals surface area contributed by atoms with Gasteiger partial charge in [-0.05, 0) is 32.0 Å². The zero-order valence-electron chi connectivity index (χ0n) is 14.0. The minimum Gasteiger partial charge on any atom is -0.482 e. The average molecular weight is 358 g/mol. The maximum Gasteiger partial charge on any atom is 0.265 e. The molecule has 0 fully saturated rings. The van der Waals surface area contributed by atoms with Gasteiger partial charge in [-0.2, -0.15) is 0 Å². The third kappa shape index (κ3) is 3.58. The summed E-state index contributed by atoms with van der Waals surface area (Å²) in [7, 11) is 0. The van der Waals surface area contributed by atoms with Crippen LogP contribution in [-0.4, -0.2) is 45.3 Å². The van der Waals surface area contributed by atoms with Crippen molar-refractivity contribution in [3.05, 3.63) is 42.2 Å². The SMILES string of the molecule is C=CCN1C(=O)COc2ccc(C(=O)C(C)Sc3n[nH]c(C)n3)cc21. The van der Waals surface area contributed by atoms with Crippen molar-refractivity contribution < 1.29 is 14.3 Å². The Labute approximate surface area is 149 Å². The molecule has 1 aliphatic heterocycles. The van der Waals surface area contributed by atoms with Crippen molar-refractivity contribution in [1.29, 1.82) is 0 Å². The van der Waals surface area contributed by atoms with E-state index >= 15 is 0 Å². The fourth-order valence-corrected chi connectivity index (χ4v) is 3.35. The second kappa shape index (κ2) is 7.10. The molecule has 1 aromatic heterocycles. The van der Waals surface area contributed by atoms with Crippen molar-refractivity contribution in [3.8, 4) is 5.75 Å². The second-order valence-corrected chi connectivity index (χ2v) is 6.90. The van der Waals surface area contributed by atoms with Gasteiger partial charge in [0, 0.05) is 12.1 Å². The third-order valence-corrected chi connectivity index (χ3v) is 4.69. The molecule has 0 saturated carbocycles. The number of thioether (sulfide) groups is 1. The number of ether oxygens (including phenoxy) is 1. The smallest absolute Gasteiger partial charge is 0.265 e. The number of aryl methyl sites for hydroxylation is 1. The molecule has 1 N–H and O–H groups in total. The van der Waals surface area contributed by atoms with Gasteiger partial charge in [0.2, 0.25) is 5.16 Å². The lowest BCUT2D eigenvalue weighted by molar-refractivity contribution is -0.121. The van der Waals surface area contributed by atoms with Crippen LogP contribution in [0.5, 0.6) is 5.75 Å². The number of carbonyl (C=O) groups is 2. The first kappa shape index (κ1) is 17.2. The van der Waals surface area contributed by atoms with E-state index in [1.54, 1.807) is 43.0 Å². The molecule has 0 radical (unpaired) electrons. The van der Waals surface area contributed by atoms with Crippen molar-refractivity contribution in [1.82, 2.24) is 15.2 Å². The number of hydrogen-bond acceptors (Lipinski definition) is 6. The number of aromatic amines is 1. The van der Waals surface area contributed by atoms with E-state index in [2.05, 4.69) is 21.8 Å². The highest BCUT2D eigenvalue weighted by molar-refractivity contribution is 8.00. The summed E-state index contributed by atoms with van der Waals surface area (Å²) in [6, 6.07) is 5.13. The monoisotopic (exact) mass is 358 g/mol. The van der Waals surface area contributed by atoms with Gasteiger partial charge in [-0.25, -0.2) is 4.98 Å². The minimum absolute atomic E-state index is 0.00936.